The summed E-state index contributed by atoms with van der Waals surface area (Å²) in [5, 5.41) is 10.2. The predicted molar refractivity (Wildman–Crippen MR) is 98.8 cm³/mol. The Morgan fingerprint density at radius 2 is 1.82 bits per heavy atom. The van der Waals surface area contributed by atoms with Gasteiger partial charge >= 0.3 is 6.03 Å². The number of fused-ring (bicyclic) bond motifs is 3. The number of urea groups is 1. The number of carbonyl (C=O) groups excluding carboxylic acids is 1. The molecule has 7 heteroatoms. The highest BCUT2D eigenvalue weighted by molar-refractivity contribution is 5.77. The van der Waals surface area contributed by atoms with Crippen molar-refractivity contribution >= 4 is 6.03 Å². The fourth-order valence-electron chi connectivity index (χ4n) is 5.48. The summed E-state index contributed by atoms with van der Waals surface area (Å²) >= 11 is 0. The number of carbonyl (C=O) groups is 1. The van der Waals surface area contributed by atoms with E-state index < -0.39 is 0 Å². The SMILES string of the molecule is O=C1N2C[C@@H](CC[C@H]2c2nnc([C@@H]3[C@@H]4CCC[C@@H]43)o2)N1OCc1ccccc1. The molecule has 4 fully saturated rings. The van der Waals surface area contributed by atoms with Crippen molar-refractivity contribution in [2.75, 3.05) is 6.54 Å². The quantitative estimate of drug-likeness (QED) is 0.792. The van der Waals surface area contributed by atoms with Gasteiger partial charge in [-0.1, -0.05) is 36.8 Å². The lowest BCUT2D eigenvalue weighted by molar-refractivity contribution is -0.140. The molecule has 0 unspecified atom stereocenters. The van der Waals surface area contributed by atoms with Crippen LogP contribution in [-0.2, 0) is 11.4 Å². The molecule has 3 heterocycles. The van der Waals surface area contributed by atoms with Gasteiger partial charge in [0.05, 0.1) is 6.04 Å². The number of rotatable bonds is 5. The van der Waals surface area contributed by atoms with Crippen LogP contribution in [0.4, 0.5) is 4.79 Å². The molecule has 1 aromatic heterocycles. The first-order valence-corrected chi connectivity index (χ1v) is 10.4. The van der Waals surface area contributed by atoms with Crippen LogP contribution in [0.5, 0.6) is 0 Å². The Morgan fingerprint density at radius 1 is 1.04 bits per heavy atom. The molecule has 2 aromatic rings. The molecule has 0 N–H and O–H groups in total. The van der Waals surface area contributed by atoms with E-state index >= 15 is 0 Å². The number of benzene rings is 1. The molecule has 4 aliphatic rings. The number of aromatic nitrogens is 2. The highest BCUT2D eigenvalue weighted by Crippen LogP contribution is 2.62. The van der Waals surface area contributed by atoms with E-state index in [1.165, 1.54) is 19.3 Å². The topological polar surface area (TPSA) is 71.7 Å². The lowest BCUT2D eigenvalue weighted by atomic mass is 10.0. The Balaban J connectivity index is 1.15. The van der Waals surface area contributed by atoms with E-state index in [-0.39, 0.29) is 18.1 Å². The third-order valence-electron chi connectivity index (χ3n) is 6.97. The van der Waals surface area contributed by atoms with Crippen LogP contribution in [-0.4, -0.2) is 38.8 Å². The zero-order valence-electron chi connectivity index (χ0n) is 15.7. The van der Waals surface area contributed by atoms with Crippen molar-refractivity contribution in [3.8, 4) is 0 Å². The normalized spacial score (nSPS) is 33.4. The Kier molecular flexibility index (Phi) is 3.72. The molecule has 2 saturated carbocycles. The molecular formula is C21H24N4O3. The van der Waals surface area contributed by atoms with Gasteiger partial charge in [0.2, 0.25) is 11.8 Å². The predicted octanol–water partition coefficient (Wildman–Crippen LogP) is 3.66. The molecule has 2 aliphatic heterocycles. The Morgan fingerprint density at radius 3 is 2.64 bits per heavy atom. The maximum absolute atomic E-state index is 12.9. The first-order valence-electron chi connectivity index (χ1n) is 10.4. The van der Waals surface area contributed by atoms with Crippen LogP contribution in [0.1, 0.15) is 61.4 Å². The number of piperidine rings is 1. The van der Waals surface area contributed by atoms with Gasteiger partial charge in [0, 0.05) is 12.5 Å². The van der Waals surface area contributed by atoms with E-state index in [2.05, 4.69) is 10.2 Å². The van der Waals surface area contributed by atoms with Gasteiger partial charge in [0.25, 0.3) is 0 Å². The molecule has 28 heavy (non-hydrogen) atoms. The van der Waals surface area contributed by atoms with E-state index in [0.717, 1.165) is 36.1 Å². The molecule has 0 spiro atoms. The number of hydrogen-bond acceptors (Lipinski definition) is 5. The first-order chi connectivity index (χ1) is 13.8. The van der Waals surface area contributed by atoms with Crippen molar-refractivity contribution in [1.29, 1.82) is 0 Å². The Hall–Kier alpha value is -2.41. The first kappa shape index (κ1) is 16.5. The number of hydrogen-bond donors (Lipinski definition) is 0. The van der Waals surface area contributed by atoms with E-state index in [1.807, 2.05) is 35.2 Å². The van der Waals surface area contributed by atoms with Crippen molar-refractivity contribution < 1.29 is 14.0 Å². The van der Waals surface area contributed by atoms with Crippen molar-refractivity contribution in [2.45, 2.75) is 56.7 Å². The van der Waals surface area contributed by atoms with Crippen LogP contribution in [0.25, 0.3) is 0 Å². The van der Waals surface area contributed by atoms with Gasteiger partial charge in [0.15, 0.2) is 0 Å². The third kappa shape index (κ3) is 2.56. The second kappa shape index (κ2) is 6.30. The average molecular weight is 380 g/mol. The maximum atomic E-state index is 12.9. The van der Waals surface area contributed by atoms with E-state index in [4.69, 9.17) is 9.25 Å². The molecule has 2 bridgehead atoms. The molecule has 7 nitrogen and oxygen atoms in total. The minimum Gasteiger partial charge on any atom is -0.423 e. The number of hydroxylamine groups is 2. The van der Waals surface area contributed by atoms with Gasteiger partial charge in [-0.2, -0.15) is 5.06 Å². The number of nitrogens with zero attached hydrogens (tertiary/aromatic N) is 4. The fraction of sp³-hybridized carbons (Fsp3) is 0.571. The van der Waals surface area contributed by atoms with Gasteiger partial charge in [0.1, 0.15) is 12.6 Å². The minimum atomic E-state index is -0.131. The summed E-state index contributed by atoms with van der Waals surface area (Å²) in [6, 6.07) is 9.80. The second-order valence-electron chi connectivity index (χ2n) is 8.53. The van der Waals surface area contributed by atoms with Gasteiger partial charge in [-0.25, -0.2) is 4.79 Å². The van der Waals surface area contributed by atoms with Crippen molar-refractivity contribution in [2.24, 2.45) is 11.8 Å². The highest BCUT2D eigenvalue weighted by Gasteiger charge is 2.56. The minimum absolute atomic E-state index is 0.0912. The summed E-state index contributed by atoms with van der Waals surface area (Å²) in [7, 11) is 0. The van der Waals surface area contributed by atoms with Gasteiger partial charge < -0.3 is 9.32 Å². The van der Waals surface area contributed by atoms with E-state index in [0.29, 0.717) is 25.0 Å². The van der Waals surface area contributed by atoms with Crippen molar-refractivity contribution in [1.82, 2.24) is 20.2 Å². The third-order valence-corrected chi connectivity index (χ3v) is 6.97. The zero-order valence-corrected chi connectivity index (χ0v) is 15.7. The standard InChI is InChI=1S/C21H24N4O3/c26-21-24-11-14(25(21)27-12-13-5-2-1-3-6-13)9-10-17(24)19-22-23-20(28-19)18-15-7-4-8-16(15)18/h1-3,5-6,14-18H,4,7-12H2/t14-,15-,16+,17+,18-/m1/s1. The average Bonchev–Trinajstić information content (AvgIpc) is 3.13. The van der Waals surface area contributed by atoms with Gasteiger partial charge in [-0.15, -0.1) is 10.2 Å². The largest absolute Gasteiger partial charge is 0.423 e. The fourth-order valence-corrected chi connectivity index (χ4v) is 5.48. The molecule has 0 radical (unpaired) electrons. The van der Waals surface area contributed by atoms with Gasteiger partial charge in [-0.05, 0) is 43.1 Å². The van der Waals surface area contributed by atoms with Crippen LogP contribution in [0.15, 0.2) is 34.7 Å². The highest BCUT2D eigenvalue weighted by atomic mass is 16.7. The summed E-state index contributed by atoms with van der Waals surface area (Å²) in [4.78, 5) is 20.7. The smallest absolute Gasteiger partial charge is 0.345 e. The zero-order chi connectivity index (χ0) is 18.7. The van der Waals surface area contributed by atoms with Crippen LogP contribution < -0.4 is 0 Å². The van der Waals surface area contributed by atoms with Crippen molar-refractivity contribution in [3.05, 3.63) is 47.7 Å². The maximum Gasteiger partial charge on any atom is 0.345 e. The molecule has 6 rings (SSSR count). The van der Waals surface area contributed by atoms with E-state index in [9.17, 15) is 4.79 Å². The summed E-state index contributed by atoms with van der Waals surface area (Å²) < 4.78 is 6.07. The molecule has 1 aromatic carbocycles. The van der Waals surface area contributed by atoms with Crippen LogP contribution in [0.3, 0.4) is 0 Å². The summed E-state index contributed by atoms with van der Waals surface area (Å²) in [6.45, 7) is 1.06. The van der Waals surface area contributed by atoms with Crippen LogP contribution in [0.2, 0.25) is 0 Å². The molecule has 5 atom stereocenters. The monoisotopic (exact) mass is 380 g/mol. The second-order valence-corrected chi connectivity index (χ2v) is 8.53. The molecule has 146 valence electrons. The van der Waals surface area contributed by atoms with Gasteiger partial charge in [-0.3, -0.25) is 4.84 Å². The van der Waals surface area contributed by atoms with E-state index in [1.54, 1.807) is 5.06 Å². The summed E-state index contributed by atoms with van der Waals surface area (Å²) in [5.74, 6) is 3.34. The molecule has 2 aliphatic carbocycles. The molecule has 2 saturated heterocycles. The Labute approximate surface area is 163 Å². The Bertz CT molecular complexity index is 875. The molecular weight excluding hydrogens is 356 g/mol. The summed E-state index contributed by atoms with van der Waals surface area (Å²) in [5.41, 5.74) is 1.06. The summed E-state index contributed by atoms with van der Waals surface area (Å²) in [6.07, 6.45) is 5.62. The lowest BCUT2D eigenvalue weighted by Crippen LogP contribution is -2.34. The number of amides is 2. The van der Waals surface area contributed by atoms with Crippen LogP contribution in [0, 0.1) is 11.8 Å². The van der Waals surface area contributed by atoms with Crippen LogP contribution >= 0.6 is 0 Å². The lowest BCUT2D eigenvalue weighted by Gasteiger charge is -2.27. The van der Waals surface area contributed by atoms with Crippen molar-refractivity contribution in [3.63, 3.8) is 0 Å². The molecule has 2 amide bonds.